The first-order chi connectivity index (χ1) is 7.31. The standard InChI is InChI=1S/C12H26N2O/c1-3-11-6-4-5-8-14(11)9-7-12(10-13)15-2/h11-12H,3-10,13H2,1-2H3. The van der Waals surface area contributed by atoms with Gasteiger partial charge in [-0.05, 0) is 32.2 Å². The van der Waals surface area contributed by atoms with Crippen molar-refractivity contribution in [2.75, 3.05) is 26.7 Å². The Kier molecular flexibility index (Phi) is 6.22. The van der Waals surface area contributed by atoms with Crippen molar-refractivity contribution in [2.45, 2.75) is 51.2 Å². The molecule has 0 amide bonds. The molecule has 0 aromatic rings. The van der Waals surface area contributed by atoms with Crippen LogP contribution in [0.4, 0.5) is 0 Å². The van der Waals surface area contributed by atoms with Crippen LogP contribution in [0, 0.1) is 0 Å². The number of hydrogen-bond donors (Lipinski definition) is 1. The maximum Gasteiger partial charge on any atom is 0.0705 e. The predicted octanol–water partition coefficient (Wildman–Crippen LogP) is 1.61. The smallest absolute Gasteiger partial charge is 0.0705 e. The monoisotopic (exact) mass is 214 g/mol. The van der Waals surface area contributed by atoms with Crippen LogP contribution in [-0.2, 0) is 4.74 Å². The van der Waals surface area contributed by atoms with E-state index in [1.807, 2.05) is 0 Å². The molecule has 0 saturated carbocycles. The van der Waals surface area contributed by atoms with Crippen molar-refractivity contribution in [1.82, 2.24) is 4.90 Å². The third-order valence-electron chi connectivity index (χ3n) is 3.55. The van der Waals surface area contributed by atoms with Gasteiger partial charge >= 0.3 is 0 Å². The molecule has 1 heterocycles. The summed E-state index contributed by atoms with van der Waals surface area (Å²) in [4.78, 5) is 2.62. The van der Waals surface area contributed by atoms with Crippen molar-refractivity contribution in [3.05, 3.63) is 0 Å². The number of methoxy groups -OCH3 is 1. The van der Waals surface area contributed by atoms with E-state index in [1.165, 1.54) is 32.2 Å². The van der Waals surface area contributed by atoms with Crippen molar-refractivity contribution < 1.29 is 4.74 Å². The molecule has 3 nitrogen and oxygen atoms in total. The Labute approximate surface area is 94.0 Å². The van der Waals surface area contributed by atoms with Gasteiger partial charge in [0.25, 0.3) is 0 Å². The summed E-state index contributed by atoms with van der Waals surface area (Å²) in [6.45, 7) is 5.34. The zero-order valence-electron chi connectivity index (χ0n) is 10.2. The topological polar surface area (TPSA) is 38.5 Å². The third-order valence-corrected chi connectivity index (χ3v) is 3.55. The first-order valence-electron chi connectivity index (χ1n) is 6.28. The molecule has 2 atom stereocenters. The van der Waals surface area contributed by atoms with Crippen LogP contribution in [-0.4, -0.2) is 43.8 Å². The van der Waals surface area contributed by atoms with Gasteiger partial charge in [-0.1, -0.05) is 13.3 Å². The summed E-state index contributed by atoms with van der Waals surface area (Å²) in [6, 6.07) is 0.800. The molecule has 2 N–H and O–H groups in total. The zero-order valence-corrected chi connectivity index (χ0v) is 10.2. The Morgan fingerprint density at radius 3 is 2.87 bits per heavy atom. The Morgan fingerprint density at radius 2 is 2.27 bits per heavy atom. The fraction of sp³-hybridized carbons (Fsp3) is 1.00. The van der Waals surface area contributed by atoms with Gasteiger partial charge in [0, 0.05) is 26.2 Å². The molecule has 0 bridgehead atoms. The highest BCUT2D eigenvalue weighted by molar-refractivity contribution is 4.76. The number of nitrogens with two attached hydrogens (primary N) is 1. The molecule has 1 rings (SSSR count). The van der Waals surface area contributed by atoms with E-state index in [1.54, 1.807) is 7.11 Å². The molecule has 0 aromatic carbocycles. The SMILES string of the molecule is CCC1CCCCN1CCC(CN)OC. The van der Waals surface area contributed by atoms with Gasteiger partial charge in [0.1, 0.15) is 0 Å². The molecule has 15 heavy (non-hydrogen) atoms. The van der Waals surface area contributed by atoms with Gasteiger partial charge < -0.3 is 15.4 Å². The molecule has 0 aromatic heterocycles. The van der Waals surface area contributed by atoms with Gasteiger partial charge in [-0.25, -0.2) is 0 Å². The summed E-state index contributed by atoms with van der Waals surface area (Å²) in [5.41, 5.74) is 5.62. The summed E-state index contributed by atoms with van der Waals surface area (Å²) in [6.07, 6.45) is 6.72. The summed E-state index contributed by atoms with van der Waals surface area (Å²) in [5, 5.41) is 0. The van der Waals surface area contributed by atoms with Gasteiger partial charge in [0.15, 0.2) is 0 Å². The summed E-state index contributed by atoms with van der Waals surface area (Å²) < 4.78 is 5.31. The lowest BCUT2D eigenvalue weighted by Gasteiger charge is -2.35. The van der Waals surface area contributed by atoms with Crippen molar-refractivity contribution in [2.24, 2.45) is 5.73 Å². The first-order valence-corrected chi connectivity index (χ1v) is 6.28. The number of hydrogen-bond acceptors (Lipinski definition) is 3. The highest BCUT2D eigenvalue weighted by Crippen LogP contribution is 2.19. The zero-order chi connectivity index (χ0) is 11.1. The lowest BCUT2D eigenvalue weighted by atomic mass is 9.99. The van der Waals surface area contributed by atoms with Crippen LogP contribution in [0.3, 0.4) is 0 Å². The highest BCUT2D eigenvalue weighted by atomic mass is 16.5. The normalized spacial score (nSPS) is 25.4. The average molecular weight is 214 g/mol. The Balaban J connectivity index is 2.28. The molecule has 1 aliphatic heterocycles. The minimum Gasteiger partial charge on any atom is -0.380 e. The van der Waals surface area contributed by atoms with E-state index in [9.17, 15) is 0 Å². The lowest BCUT2D eigenvalue weighted by Crippen LogP contribution is -2.41. The molecule has 0 radical (unpaired) electrons. The number of rotatable bonds is 6. The summed E-state index contributed by atoms with van der Waals surface area (Å²) >= 11 is 0. The van der Waals surface area contributed by atoms with Gasteiger partial charge in [-0.15, -0.1) is 0 Å². The maximum atomic E-state index is 5.62. The van der Waals surface area contributed by atoms with Crippen LogP contribution in [0.2, 0.25) is 0 Å². The number of piperidine rings is 1. The minimum atomic E-state index is 0.240. The second kappa shape index (κ2) is 7.20. The molecule has 2 unspecified atom stereocenters. The first kappa shape index (κ1) is 12.9. The fourth-order valence-corrected chi connectivity index (χ4v) is 2.46. The van der Waals surface area contributed by atoms with Gasteiger partial charge in [0.05, 0.1) is 6.10 Å². The summed E-state index contributed by atoms with van der Waals surface area (Å²) in [7, 11) is 1.75. The van der Waals surface area contributed by atoms with E-state index in [2.05, 4.69) is 11.8 Å². The van der Waals surface area contributed by atoms with E-state index in [4.69, 9.17) is 10.5 Å². The number of likely N-dealkylation sites (tertiary alicyclic amines) is 1. The van der Waals surface area contributed by atoms with E-state index < -0.39 is 0 Å². The maximum absolute atomic E-state index is 5.62. The van der Waals surface area contributed by atoms with Crippen LogP contribution < -0.4 is 5.73 Å². The van der Waals surface area contributed by atoms with Crippen LogP contribution in [0.5, 0.6) is 0 Å². The molecule has 90 valence electrons. The molecular weight excluding hydrogens is 188 g/mol. The second-order valence-electron chi connectivity index (χ2n) is 4.48. The molecule has 1 aliphatic rings. The average Bonchev–Trinajstić information content (AvgIpc) is 2.31. The largest absolute Gasteiger partial charge is 0.380 e. The fourth-order valence-electron chi connectivity index (χ4n) is 2.46. The van der Waals surface area contributed by atoms with E-state index in [0.717, 1.165) is 19.0 Å². The van der Waals surface area contributed by atoms with Crippen molar-refractivity contribution >= 4 is 0 Å². The molecule has 0 aliphatic carbocycles. The highest BCUT2D eigenvalue weighted by Gasteiger charge is 2.20. The lowest BCUT2D eigenvalue weighted by molar-refractivity contribution is 0.0718. The quantitative estimate of drug-likeness (QED) is 0.730. The van der Waals surface area contributed by atoms with Crippen molar-refractivity contribution in [3.63, 3.8) is 0 Å². The number of nitrogens with zero attached hydrogens (tertiary/aromatic N) is 1. The number of ether oxygens (including phenoxy) is 1. The van der Waals surface area contributed by atoms with Gasteiger partial charge in [-0.3, -0.25) is 0 Å². The van der Waals surface area contributed by atoms with Crippen molar-refractivity contribution in [1.29, 1.82) is 0 Å². The molecule has 1 saturated heterocycles. The Morgan fingerprint density at radius 1 is 1.47 bits per heavy atom. The minimum absolute atomic E-state index is 0.240. The van der Waals surface area contributed by atoms with Crippen LogP contribution in [0.1, 0.15) is 39.0 Å². The second-order valence-corrected chi connectivity index (χ2v) is 4.48. The third kappa shape index (κ3) is 4.09. The van der Waals surface area contributed by atoms with E-state index in [-0.39, 0.29) is 6.10 Å². The molecule has 1 fully saturated rings. The Bertz CT molecular complexity index is 160. The van der Waals surface area contributed by atoms with Crippen molar-refractivity contribution in [3.8, 4) is 0 Å². The van der Waals surface area contributed by atoms with Crippen LogP contribution in [0.15, 0.2) is 0 Å². The molecular formula is C12H26N2O. The van der Waals surface area contributed by atoms with Crippen LogP contribution in [0.25, 0.3) is 0 Å². The predicted molar refractivity (Wildman–Crippen MR) is 64.0 cm³/mol. The summed E-state index contributed by atoms with van der Waals surface area (Å²) in [5.74, 6) is 0. The van der Waals surface area contributed by atoms with Gasteiger partial charge in [-0.2, -0.15) is 0 Å². The van der Waals surface area contributed by atoms with E-state index >= 15 is 0 Å². The molecule has 0 spiro atoms. The Hall–Kier alpha value is -0.120. The molecule has 3 heteroatoms. The van der Waals surface area contributed by atoms with E-state index in [0.29, 0.717) is 6.54 Å². The van der Waals surface area contributed by atoms with Gasteiger partial charge in [0.2, 0.25) is 0 Å². The van der Waals surface area contributed by atoms with Crippen LogP contribution >= 0.6 is 0 Å².